The van der Waals surface area contributed by atoms with Gasteiger partial charge in [-0.1, -0.05) is 12.1 Å². The zero-order valence-electron chi connectivity index (χ0n) is 12.7. The van der Waals surface area contributed by atoms with Crippen molar-refractivity contribution in [2.45, 2.75) is 32.7 Å². The third kappa shape index (κ3) is 4.45. The van der Waals surface area contributed by atoms with Gasteiger partial charge in [0, 0.05) is 24.0 Å². The van der Waals surface area contributed by atoms with Crippen LogP contribution in [0.3, 0.4) is 0 Å². The minimum atomic E-state index is -0.292. The van der Waals surface area contributed by atoms with Crippen molar-refractivity contribution in [1.82, 2.24) is 10.2 Å². The molecule has 0 saturated heterocycles. The Morgan fingerprint density at radius 3 is 2.48 bits per heavy atom. The second kappa shape index (κ2) is 6.12. The molecule has 0 atom stereocenters. The molecule has 21 heavy (non-hydrogen) atoms. The van der Waals surface area contributed by atoms with Gasteiger partial charge < -0.3 is 10.2 Å². The molecule has 1 amide bonds. The zero-order chi connectivity index (χ0) is 15.5. The van der Waals surface area contributed by atoms with Crippen LogP contribution in [0.4, 0.5) is 4.39 Å². The van der Waals surface area contributed by atoms with E-state index < -0.39 is 0 Å². The largest absolute Gasteiger partial charge is 0.369 e. The van der Waals surface area contributed by atoms with Gasteiger partial charge in [0.05, 0.1) is 6.42 Å². The van der Waals surface area contributed by atoms with Crippen LogP contribution in [0.1, 0.15) is 26.3 Å². The van der Waals surface area contributed by atoms with E-state index in [9.17, 15) is 9.18 Å². The zero-order valence-corrected chi connectivity index (χ0v) is 12.7. The minimum absolute atomic E-state index is 0.0661. The molecule has 0 aliphatic carbocycles. The number of allylic oxidation sites excluding steroid dienone is 1. The SMILES string of the molecule is CC(C)(C)N1C=CC(NC(=O)Cc2ccc(F)cc2)=CC1. The summed E-state index contributed by atoms with van der Waals surface area (Å²) in [5.74, 6) is -0.388. The van der Waals surface area contributed by atoms with Crippen LogP contribution in [-0.2, 0) is 11.2 Å². The predicted molar refractivity (Wildman–Crippen MR) is 81.9 cm³/mol. The number of nitrogens with zero attached hydrogens (tertiary/aromatic N) is 1. The van der Waals surface area contributed by atoms with Gasteiger partial charge in [-0.15, -0.1) is 0 Å². The Labute approximate surface area is 125 Å². The van der Waals surface area contributed by atoms with Crippen LogP contribution in [0.5, 0.6) is 0 Å². The third-order valence-electron chi connectivity index (χ3n) is 3.37. The molecular weight excluding hydrogens is 267 g/mol. The minimum Gasteiger partial charge on any atom is -0.369 e. The quantitative estimate of drug-likeness (QED) is 0.927. The van der Waals surface area contributed by atoms with E-state index in [2.05, 4.69) is 31.0 Å². The second-order valence-electron chi connectivity index (χ2n) is 6.15. The summed E-state index contributed by atoms with van der Waals surface area (Å²) in [5, 5.41) is 2.87. The van der Waals surface area contributed by atoms with Crippen LogP contribution in [0.2, 0.25) is 0 Å². The van der Waals surface area contributed by atoms with E-state index in [4.69, 9.17) is 0 Å². The van der Waals surface area contributed by atoms with Crippen molar-refractivity contribution in [3.63, 3.8) is 0 Å². The van der Waals surface area contributed by atoms with Crippen molar-refractivity contribution in [2.24, 2.45) is 0 Å². The average Bonchev–Trinajstić information content (AvgIpc) is 2.41. The first-order valence-electron chi connectivity index (χ1n) is 7.04. The molecule has 1 aliphatic rings. The number of hydrogen-bond acceptors (Lipinski definition) is 2. The maximum Gasteiger partial charge on any atom is 0.228 e. The van der Waals surface area contributed by atoms with Gasteiger partial charge in [0.15, 0.2) is 0 Å². The molecule has 0 bridgehead atoms. The number of carbonyl (C=O) groups excluding carboxylic acids is 1. The van der Waals surface area contributed by atoms with Gasteiger partial charge in [-0.25, -0.2) is 4.39 Å². The molecule has 3 nitrogen and oxygen atoms in total. The first kappa shape index (κ1) is 15.3. The molecule has 1 aliphatic heterocycles. The van der Waals surface area contributed by atoms with Gasteiger partial charge in [-0.3, -0.25) is 4.79 Å². The molecule has 4 heteroatoms. The van der Waals surface area contributed by atoms with Crippen LogP contribution in [0, 0.1) is 5.82 Å². The number of amides is 1. The molecule has 1 heterocycles. The van der Waals surface area contributed by atoms with E-state index >= 15 is 0 Å². The van der Waals surface area contributed by atoms with Gasteiger partial charge in [0.1, 0.15) is 5.82 Å². The standard InChI is InChI=1S/C17H21FN2O/c1-17(2,3)20-10-8-15(9-11-20)19-16(21)12-13-4-6-14(18)7-5-13/h4-10H,11-12H2,1-3H3,(H,19,21). The highest BCUT2D eigenvalue weighted by atomic mass is 19.1. The lowest BCUT2D eigenvalue weighted by atomic mass is 10.1. The van der Waals surface area contributed by atoms with E-state index in [-0.39, 0.29) is 23.7 Å². The molecule has 0 fully saturated rings. The average molecular weight is 288 g/mol. The van der Waals surface area contributed by atoms with Crippen molar-refractivity contribution < 1.29 is 9.18 Å². The molecule has 2 rings (SSSR count). The van der Waals surface area contributed by atoms with Crippen molar-refractivity contribution in [2.75, 3.05) is 6.54 Å². The Morgan fingerprint density at radius 1 is 1.29 bits per heavy atom. The summed E-state index contributed by atoms with van der Waals surface area (Å²) in [7, 11) is 0. The van der Waals surface area contributed by atoms with Crippen molar-refractivity contribution in [3.8, 4) is 0 Å². The van der Waals surface area contributed by atoms with Crippen molar-refractivity contribution >= 4 is 5.91 Å². The van der Waals surface area contributed by atoms with Crippen molar-refractivity contribution in [3.05, 3.63) is 59.7 Å². The molecule has 0 radical (unpaired) electrons. The Morgan fingerprint density at radius 2 is 1.95 bits per heavy atom. The van der Waals surface area contributed by atoms with Gasteiger partial charge in [-0.05, 0) is 50.6 Å². The summed E-state index contributed by atoms with van der Waals surface area (Å²) in [4.78, 5) is 14.1. The fraction of sp³-hybridized carbons (Fsp3) is 0.353. The fourth-order valence-corrected chi connectivity index (χ4v) is 2.08. The summed E-state index contributed by atoms with van der Waals surface area (Å²) in [5.41, 5.74) is 1.67. The predicted octanol–water partition coefficient (Wildman–Crippen LogP) is 3.00. The number of hydrogen-bond donors (Lipinski definition) is 1. The van der Waals surface area contributed by atoms with Crippen LogP contribution < -0.4 is 5.32 Å². The molecule has 0 aromatic heterocycles. The Hall–Kier alpha value is -2.10. The lowest BCUT2D eigenvalue weighted by Crippen LogP contribution is -2.39. The summed E-state index contributed by atoms with van der Waals surface area (Å²) in [6.45, 7) is 7.20. The lowest BCUT2D eigenvalue weighted by Gasteiger charge is -2.35. The van der Waals surface area contributed by atoms with Crippen LogP contribution >= 0.6 is 0 Å². The highest BCUT2D eigenvalue weighted by molar-refractivity contribution is 5.80. The smallest absolute Gasteiger partial charge is 0.228 e. The summed E-state index contributed by atoms with van der Waals surface area (Å²) in [6.07, 6.45) is 6.13. The molecule has 0 spiro atoms. The molecule has 0 saturated carbocycles. The Bertz CT molecular complexity index is 567. The van der Waals surface area contributed by atoms with Gasteiger partial charge in [-0.2, -0.15) is 0 Å². The van der Waals surface area contributed by atoms with Crippen LogP contribution in [0.25, 0.3) is 0 Å². The normalized spacial score (nSPS) is 14.9. The van der Waals surface area contributed by atoms with E-state index in [1.165, 1.54) is 12.1 Å². The monoisotopic (exact) mass is 288 g/mol. The van der Waals surface area contributed by atoms with E-state index in [1.54, 1.807) is 12.1 Å². The number of benzene rings is 1. The van der Waals surface area contributed by atoms with E-state index in [1.807, 2.05) is 18.4 Å². The maximum absolute atomic E-state index is 12.8. The van der Waals surface area contributed by atoms with Gasteiger partial charge in [0.25, 0.3) is 0 Å². The van der Waals surface area contributed by atoms with E-state index in [0.29, 0.717) is 0 Å². The Balaban J connectivity index is 1.88. The molecule has 1 N–H and O–H groups in total. The van der Waals surface area contributed by atoms with Crippen molar-refractivity contribution in [1.29, 1.82) is 0 Å². The number of carbonyl (C=O) groups is 1. The molecule has 112 valence electrons. The summed E-state index contributed by atoms with van der Waals surface area (Å²) in [6, 6.07) is 5.98. The number of halogens is 1. The van der Waals surface area contributed by atoms with Crippen LogP contribution in [0.15, 0.2) is 48.3 Å². The first-order chi connectivity index (χ1) is 9.84. The fourth-order valence-electron chi connectivity index (χ4n) is 2.08. The third-order valence-corrected chi connectivity index (χ3v) is 3.37. The highest BCUT2D eigenvalue weighted by Gasteiger charge is 2.19. The Kier molecular flexibility index (Phi) is 4.46. The van der Waals surface area contributed by atoms with E-state index in [0.717, 1.165) is 17.8 Å². The molecule has 1 aromatic carbocycles. The van der Waals surface area contributed by atoms with Crippen LogP contribution in [-0.4, -0.2) is 22.9 Å². The highest BCUT2D eigenvalue weighted by Crippen LogP contribution is 2.17. The molecular formula is C17H21FN2O. The molecule has 1 aromatic rings. The second-order valence-corrected chi connectivity index (χ2v) is 6.15. The summed E-state index contributed by atoms with van der Waals surface area (Å²) >= 11 is 0. The summed E-state index contributed by atoms with van der Waals surface area (Å²) < 4.78 is 12.8. The van der Waals surface area contributed by atoms with Gasteiger partial charge in [0.2, 0.25) is 5.91 Å². The lowest BCUT2D eigenvalue weighted by molar-refractivity contribution is -0.119. The number of rotatable bonds is 3. The number of nitrogens with one attached hydrogen (secondary N) is 1. The maximum atomic E-state index is 12.8. The van der Waals surface area contributed by atoms with Gasteiger partial charge >= 0.3 is 0 Å². The molecule has 0 unspecified atom stereocenters. The topological polar surface area (TPSA) is 32.3 Å². The first-order valence-corrected chi connectivity index (χ1v) is 7.04.